The standard InChI is InChI=1S/C18H19BrN2O3/c1-4-24-18(23)15-10(2)16(20-11(15)3)17(22)21-8-7-12-9-13(19)5-6-14(12)21/h5-6,9,20H,4,7-8H2,1-3H3. The van der Waals surface area contributed by atoms with E-state index in [1.807, 2.05) is 18.2 Å². The number of ether oxygens (including phenoxy) is 1. The summed E-state index contributed by atoms with van der Waals surface area (Å²) < 4.78 is 6.10. The monoisotopic (exact) mass is 390 g/mol. The Balaban J connectivity index is 1.96. The topological polar surface area (TPSA) is 62.4 Å². The van der Waals surface area contributed by atoms with E-state index in [1.54, 1.807) is 25.7 Å². The summed E-state index contributed by atoms with van der Waals surface area (Å²) in [5.74, 6) is -0.513. The molecular formula is C18H19BrN2O3. The van der Waals surface area contributed by atoms with Crippen molar-refractivity contribution in [3.63, 3.8) is 0 Å². The van der Waals surface area contributed by atoms with Gasteiger partial charge in [-0.1, -0.05) is 15.9 Å². The number of carbonyl (C=O) groups is 2. The molecule has 2 heterocycles. The van der Waals surface area contributed by atoms with Gasteiger partial charge in [0.15, 0.2) is 0 Å². The molecule has 0 fully saturated rings. The number of anilines is 1. The fourth-order valence-corrected chi connectivity index (χ4v) is 3.60. The van der Waals surface area contributed by atoms with Crippen LogP contribution in [0.5, 0.6) is 0 Å². The first kappa shape index (κ1) is 16.8. The van der Waals surface area contributed by atoms with E-state index in [4.69, 9.17) is 4.74 Å². The molecule has 0 radical (unpaired) electrons. The summed E-state index contributed by atoms with van der Waals surface area (Å²) in [4.78, 5) is 29.9. The van der Waals surface area contributed by atoms with E-state index in [9.17, 15) is 9.59 Å². The van der Waals surface area contributed by atoms with Crippen molar-refractivity contribution >= 4 is 33.5 Å². The molecule has 1 aromatic carbocycles. The molecule has 2 aromatic rings. The average Bonchev–Trinajstić information content (AvgIpc) is 3.07. The number of halogens is 1. The number of amides is 1. The second-order valence-electron chi connectivity index (χ2n) is 5.83. The molecule has 1 N–H and O–H groups in total. The zero-order valence-electron chi connectivity index (χ0n) is 13.9. The van der Waals surface area contributed by atoms with Crippen LogP contribution in [0.1, 0.15) is 44.6 Å². The van der Waals surface area contributed by atoms with Crippen molar-refractivity contribution in [3.05, 3.63) is 50.8 Å². The second-order valence-corrected chi connectivity index (χ2v) is 6.74. The van der Waals surface area contributed by atoms with Crippen molar-refractivity contribution in [1.82, 2.24) is 4.98 Å². The molecule has 1 aliphatic heterocycles. The maximum absolute atomic E-state index is 13.0. The van der Waals surface area contributed by atoms with Gasteiger partial charge in [-0.25, -0.2) is 4.79 Å². The second kappa shape index (κ2) is 6.43. The van der Waals surface area contributed by atoms with Gasteiger partial charge in [0, 0.05) is 22.4 Å². The number of aromatic amines is 1. The number of rotatable bonds is 3. The molecule has 1 amide bonds. The van der Waals surface area contributed by atoms with Crippen LogP contribution >= 0.6 is 15.9 Å². The van der Waals surface area contributed by atoms with Gasteiger partial charge in [-0.05, 0) is 56.5 Å². The molecule has 6 heteroatoms. The van der Waals surface area contributed by atoms with Crippen LogP contribution in [0.2, 0.25) is 0 Å². The number of nitrogens with one attached hydrogen (secondary N) is 1. The quantitative estimate of drug-likeness (QED) is 0.811. The van der Waals surface area contributed by atoms with Crippen molar-refractivity contribution in [2.75, 3.05) is 18.1 Å². The number of H-pyrrole nitrogens is 1. The van der Waals surface area contributed by atoms with E-state index in [0.717, 1.165) is 22.1 Å². The Bertz CT molecular complexity index is 826. The van der Waals surface area contributed by atoms with Gasteiger partial charge < -0.3 is 14.6 Å². The van der Waals surface area contributed by atoms with E-state index in [1.165, 1.54) is 0 Å². The molecule has 0 unspecified atom stereocenters. The Labute approximate surface area is 149 Å². The third-order valence-electron chi connectivity index (χ3n) is 4.31. The highest BCUT2D eigenvalue weighted by Gasteiger charge is 2.30. The van der Waals surface area contributed by atoms with Crippen LogP contribution in [0.15, 0.2) is 22.7 Å². The molecule has 0 atom stereocenters. The summed E-state index contributed by atoms with van der Waals surface area (Å²) >= 11 is 3.46. The van der Waals surface area contributed by atoms with E-state index in [-0.39, 0.29) is 5.91 Å². The molecule has 0 saturated heterocycles. The van der Waals surface area contributed by atoms with Crippen LogP contribution in [-0.4, -0.2) is 30.0 Å². The van der Waals surface area contributed by atoms with Crippen LogP contribution in [0.25, 0.3) is 0 Å². The van der Waals surface area contributed by atoms with Crippen LogP contribution in [0, 0.1) is 13.8 Å². The van der Waals surface area contributed by atoms with Crippen LogP contribution in [0.3, 0.4) is 0 Å². The molecule has 1 aliphatic rings. The van der Waals surface area contributed by atoms with E-state index < -0.39 is 5.97 Å². The summed E-state index contributed by atoms with van der Waals surface area (Å²) in [6, 6.07) is 5.92. The largest absolute Gasteiger partial charge is 0.462 e. The number of carbonyl (C=O) groups excluding carboxylic acids is 2. The van der Waals surface area contributed by atoms with Crippen molar-refractivity contribution in [1.29, 1.82) is 0 Å². The third kappa shape index (κ3) is 2.75. The Morgan fingerprint density at radius 2 is 2.08 bits per heavy atom. The highest BCUT2D eigenvalue weighted by Crippen LogP contribution is 2.32. The number of nitrogens with zero attached hydrogens (tertiary/aromatic N) is 1. The number of hydrogen-bond acceptors (Lipinski definition) is 3. The SMILES string of the molecule is CCOC(=O)c1c(C)[nH]c(C(=O)N2CCc3cc(Br)ccc32)c1C. The Morgan fingerprint density at radius 1 is 1.33 bits per heavy atom. The van der Waals surface area contributed by atoms with Crippen molar-refractivity contribution in [2.45, 2.75) is 27.2 Å². The van der Waals surface area contributed by atoms with Gasteiger partial charge in [-0.3, -0.25) is 4.79 Å². The highest BCUT2D eigenvalue weighted by molar-refractivity contribution is 9.10. The molecular weight excluding hydrogens is 372 g/mol. The highest BCUT2D eigenvalue weighted by atomic mass is 79.9. The van der Waals surface area contributed by atoms with E-state index in [2.05, 4.69) is 20.9 Å². The average molecular weight is 391 g/mol. The number of aryl methyl sites for hydroxylation is 1. The number of fused-ring (bicyclic) bond motifs is 1. The van der Waals surface area contributed by atoms with Crippen LogP contribution < -0.4 is 4.90 Å². The number of esters is 1. The summed E-state index contributed by atoms with van der Waals surface area (Å²) in [5.41, 5.74) is 4.27. The Morgan fingerprint density at radius 3 is 2.79 bits per heavy atom. The normalized spacial score (nSPS) is 13.1. The van der Waals surface area contributed by atoms with Gasteiger partial charge in [0.05, 0.1) is 12.2 Å². The zero-order valence-corrected chi connectivity index (χ0v) is 15.5. The first-order chi connectivity index (χ1) is 11.4. The van der Waals surface area contributed by atoms with Crippen molar-refractivity contribution in [3.8, 4) is 0 Å². The summed E-state index contributed by atoms with van der Waals surface area (Å²) in [7, 11) is 0. The molecule has 0 saturated carbocycles. The minimum Gasteiger partial charge on any atom is -0.462 e. The molecule has 3 rings (SSSR count). The lowest BCUT2D eigenvalue weighted by Gasteiger charge is -2.17. The third-order valence-corrected chi connectivity index (χ3v) is 4.81. The van der Waals surface area contributed by atoms with Gasteiger partial charge in [0.2, 0.25) is 0 Å². The van der Waals surface area contributed by atoms with Gasteiger partial charge in [-0.15, -0.1) is 0 Å². The maximum atomic E-state index is 13.0. The first-order valence-corrected chi connectivity index (χ1v) is 8.70. The zero-order chi connectivity index (χ0) is 17.4. The lowest BCUT2D eigenvalue weighted by Crippen LogP contribution is -2.29. The van der Waals surface area contributed by atoms with Gasteiger partial charge in [0.25, 0.3) is 5.91 Å². The molecule has 5 nitrogen and oxygen atoms in total. The van der Waals surface area contributed by atoms with Crippen molar-refractivity contribution in [2.24, 2.45) is 0 Å². The molecule has 0 bridgehead atoms. The Kier molecular flexibility index (Phi) is 4.49. The Hall–Kier alpha value is -2.08. The van der Waals surface area contributed by atoms with E-state index in [0.29, 0.717) is 35.7 Å². The van der Waals surface area contributed by atoms with Crippen molar-refractivity contribution < 1.29 is 14.3 Å². The predicted molar refractivity (Wildman–Crippen MR) is 95.7 cm³/mol. The molecule has 126 valence electrons. The number of aromatic nitrogens is 1. The summed E-state index contributed by atoms with van der Waals surface area (Å²) in [6.07, 6.45) is 0.823. The fourth-order valence-electron chi connectivity index (χ4n) is 3.19. The fraction of sp³-hybridized carbons (Fsp3) is 0.333. The van der Waals surface area contributed by atoms with Crippen LogP contribution in [-0.2, 0) is 11.2 Å². The van der Waals surface area contributed by atoms with Gasteiger partial charge >= 0.3 is 5.97 Å². The van der Waals surface area contributed by atoms with Gasteiger partial charge in [-0.2, -0.15) is 0 Å². The lowest BCUT2D eigenvalue weighted by atomic mass is 10.1. The summed E-state index contributed by atoms with van der Waals surface area (Å²) in [5, 5.41) is 0. The minimum atomic E-state index is -0.395. The molecule has 0 spiro atoms. The number of hydrogen-bond donors (Lipinski definition) is 1. The van der Waals surface area contributed by atoms with Gasteiger partial charge in [0.1, 0.15) is 5.69 Å². The lowest BCUT2D eigenvalue weighted by molar-refractivity contribution is 0.0525. The molecule has 1 aromatic heterocycles. The summed E-state index contributed by atoms with van der Waals surface area (Å²) in [6.45, 7) is 6.27. The number of benzene rings is 1. The molecule has 0 aliphatic carbocycles. The molecule has 24 heavy (non-hydrogen) atoms. The maximum Gasteiger partial charge on any atom is 0.340 e. The minimum absolute atomic E-state index is 0.118. The predicted octanol–water partition coefficient (Wildman–Crippen LogP) is 3.77. The first-order valence-electron chi connectivity index (χ1n) is 7.90. The van der Waals surface area contributed by atoms with Crippen LogP contribution in [0.4, 0.5) is 5.69 Å². The smallest absolute Gasteiger partial charge is 0.340 e. The van der Waals surface area contributed by atoms with E-state index >= 15 is 0 Å².